The van der Waals surface area contributed by atoms with Gasteiger partial charge in [-0.1, -0.05) is 66.7 Å². The number of nitrogens with two attached hydrogens (primary N) is 1. The van der Waals surface area contributed by atoms with Crippen molar-refractivity contribution in [3.05, 3.63) is 143 Å². The molecule has 6 N–H and O–H groups in total. The van der Waals surface area contributed by atoms with Crippen molar-refractivity contribution in [2.45, 2.75) is 82.6 Å². The van der Waals surface area contributed by atoms with Gasteiger partial charge in [-0.15, -0.1) is 0 Å². The van der Waals surface area contributed by atoms with Gasteiger partial charge in [0.1, 0.15) is 6.04 Å². The van der Waals surface area contributed by atoms with Crippen LogP contribution in [0.15, 0.2) is 103 Å². The van der Waals surface area contributed by atoms with E-state index in [1.54, 1.807) is 12.1 Å². The third kappa shape index (κ3) is 9.43. The molecule has 264 valence electrons. The first-order valence-electron chi connectivity index (χ1n) is 18.1. The molecule has 0 fully saturated rings. The minimum absolute atomic E-state index is 0.199. The normalized spacial score (nSPS) is 17.0. The van der Waals surface area contributed by atoms with Crippen LogP contribution in [0.5, 0.6) is 0 Å². The average molecular weight is 685 g/mol. The summed E-state index contributed by atoms with van der Waals surface area (Å²) in [7, 11) is 0. The predicted molar refractivity (Wildman–Crippen MR) is 201 cm³/mol. The summed E-state index contributed by atoms with van der Waals surface area (Å²) in [5, 5.41) is 22.0. The highest BCUT2D eigenvalue weighted by Gasteiger charge is 2.23. The number of benzene rings is 3. The first kappa shape index (κ1) is 35.9. The number of nitrogens with zero attached hydrogens (tertiary/aromatic N) is 2. The quantitative estimate of drug-likeness (QED) is 0.0929. The molecule has 7 rings (SSSR count). The van der Waals surface area contributed by atoms with Crippen LogP contribution in [0.3, 0.4) is 0 Å². The number of carboxylic acids is 1. The monoisotopic (exact) mass is 684 g/mol. The molecule has 3 atom stereocenters. The standard InChI is InChI=1S/C31H37N5O3.C11H11N/c37-30(24-15-13-21(14-16-24)20-35-26-11-2-7-23-9-4-19-34-29(23)26)36-27(31(38)39)12-5-17-32-25-10-1-6-22-8-3-18-33-28(22)25;12-8-10-6-3-5-9-4-1-2-7-11(9)10/h3-4,8-9,13-16,18-19,25-27,32,35H,1-2,5-7,10-12,17,20H2,(H,36,37)(H,38,39);1-7H,8,12H2/t25?,26?,27-;/m0./s1. The molecule has 3 aromatic carbocycles. The zero-order valence-electron chi connectivity index (χ0n) is 29.1. The number of rotatable bonds is 12. The van der Waals surface area contributed by atoms with Crippen LogP contribution < -0.4 is 21.7 Å². The molecule has 2 heterocycles. The summed E-state index contributed by atoms with van der Waals surface area (Å²) < 4.78 is 0. The molecule has 2 aromatic heterocycles. The van der Waals surface area contributed by atoms with Gasteiger partial charge in [0.25, 0.3) is 5.91 Å². The Hall–Kier alpha value is -4.96. The van der Waals surface area contributed by atoms with Crippen LogP contribution in [0.4, 0.5) is 0 Å². The Morgan fingerprint density at radius 3 is 2.10 bits per heavy atom. The van der Waals surface area contributed by atoms with E-state index >= 15 is 0 Å². The number of aromatic nitrogens is 2. The van der Waals surface area contributed by atoms with Gasteiger partial charge in [-0.25, -0.2) is 4.79 Å². The Bertz CT molecular complexity index is 1910. The smallest absolute Gasteiger partial charge is 0.326 e. The third-order valence-electron chi connectivity index (χ3n) is 9.92. The van der Waals surface area contributed by atoms with Crippen molar-refractivity contribution in [2.75, 3.05) is 6.54 Å². The van der Waals surface area contributed by atoms with E-state index < -0.39 is 12.0 Å². The highest BCUT2D eigenvalue weighted by molar-refractivity contribution is 5.96. The number of carbonyl (C=O) groups is 2. The molecule has 0 bridgehead atoms. The molecule has 0 saturated carbocycles. The molecule has 0 saturated heterocycles. The summed E-state index contributed by atoms with van der Waals surface area (Å²) in [5.74, 6) is -1.39. The Morgan fingerprint density at radius 1 is 0.784 bits per heavy atom. The molecular weight excluding hydrogens is 637 g/mol. The lowest BCUT2D eigenvalue weighted by atomic mass is 9.92. The van der Waals surface area contributed by atoms with Gasteiger partial charge >= 0.3 is 5.97 Å². The Balaban J connectivity index is 0.000000313. The average Bonchev–Trinajstić information content (AvgIpc) is 3.18. The number of hydrogen-bond donors (Lipinski definition) is 5. The fourth-order valence-corrected chi connectivity index (χ4v) is 7.18. The lowest BCUT2D eigenvalue weighted by Gasteiger charge is -2.25. The first-order chi connectivity index (χ1) is 25.0. The summed E-state index contributed by atoms with van der Waals surface area (Å²) >= 11 is 0. The molecule has 0 spiro atoms. The van der Waals surface area contributed by atoms with Crippen molar-refractivity contribution in [1.82, 2.24) is 25.9 Å². The molecule has 5 aromatic rings. The molecule has 2 aliphatic carbocycles. The lowest BCUT2D eigenvalue weighted by Crippen LogP contribution is -2.41. The second-order valence-corrected chi connectivity index (χ2v) is 13.4. The van der Waals surface area contributed by atoms with Crippen LogP contribution in [0.2, 0.25) is 0 Å². The number of pyridine rings is 2. The Labute approximate surface area is 300 Å². The Morgan fingerprint density at radius 2 is 1.43 bits per heavy atom. The van der Waals surface area contributed by atoms with Gasteiger partial charge in [0.15, 0.2) is 0 Å². The van der Waals surface area contributed by atoms with Crippen molar-refractivity contribution in [3.8, 4) is 0 Å². The van der Waals surface area contributed by atoms with Crippen LogP contribution >= 0.6 is 0 Å². The zero-order chi connectivity index (χ0) is 35.4. The minimum Gasteiger partial charge on any atom is -0.480 e. The van der Waals surface area contributed by atoms with Crippen LogP contribution in [0.1, 0.15) is 94.6 Å². The van der Waals surface area contributed by atoms with Crippen LogP contribution in [0, 0.1) is 0 Å². The van der Waals surface area contributed by atoms with Crippen LogP contribution in [0.25, 0.3) is 10.8 Å². The number of hydrogen-bond acceptors (Lipinski definition) is 7. The van der Waals surface area contributed by atoms with Crippen molar-refractivity contribution in [1.29, 1.82) is 0 Å². The molecule has 2 unspecified atom stereocenters. The van der Waals surface area contributed by atoms with Crippen molar-refractivity contribution >= 4 is 22.6 Å². The Kier molecular flexibility index (Phi) is 12.5. The third-order valence-corrected chi connectivity index (χ3v) is 9.92. The van der Waals surface area contributed by atoms with Crippen LogP contribution in [-0.4, -0.2) is 39.5 Å². The number of carboxylic acid groups (broad SMARTS) is 1. The maximum Gasteiger partial charge on any atom is 0.326 e. The fraction of sp³-hybridized carbons (Fsp3) is 0.333. The maximum absolute atomic E-state index is 12.8. The zero-order valence-corrected chi connectivity index (χ0v) is 29.1. The van der Waals surface area contributed by atoms with E-state index in [1.165, 1.54) is 27.5 Å². The van der Waals surface area contributed by atoms with Gasteiger partial charge in [0.2, 0.25) is 0 Å². The van der Waals surface area contributed by atoms with Crippen molar-refractivity contribution in [2.24, 2.45) is 5.73 Å². The molecule has 1 amide bonds. The van der Waals surface area contributed by atoms with E-state index in [2.05, 4.69) is 62.3 Å². The number of aryl methyl sites for hydroxylation is 2. The largest absolute Gasteiger partial charge is 0.480 e. The fourth-order valence-electron chi connectivity index (χ4n) is 7.18. The van der Waals surface area contributed by atoms with E-state index in [4.69, 9.17) is 5.73 Å². The molecule has 9 heteroatoms. The highest BCUT2D eigenvalue weighted by Crippen LogP contribution is 2.29. The van der Waals surface area contributed by atoms with Crippen LogP contribution in [-0.2, 0) is 30.7 Å². The second kappa shape index (κ2) is 17.8. The topological polar surface area (TPSA) is 142 Å². The number of amides is 1. The lowest BCUT2D eigenvalue weighted by molar-refractivity contribution is -0.139. The van der Waals surface area contributed by atoms with Crippen molar-refractivity contribution in [3.63, 3.8) is 0 Å². The summed E-state index contributed by atoms with van der Waals surface area (Å²) in [4.78, 5) is 33.8. The van der Waals surface area contributed by atoms with Gasteiger partial charge in [-0.05, 0) is 115 Å². The number of nitrogens with one attached hydrogen (secondary N) is 3. The summed E-state index contributed by atoms with van der Waals surface area (Å²) in [5.41, 5.74) is 13.2. The van der Waals surface area contributed by atoms with E-state index in [0.717, 1.165) is 55.5 Å². The number of carbonyl (C=O) groups excluding carboxylic acids is 1. The molecule has 9 nitrogen and oxygen atoms in total. The highest BCUT2D eigenvalue weighted by atomic mass is 16.4. The van der Waals surface area contributed by atoms with Gasteiger partial charge in [0.05, 0.1) is 17.4 Å². The number of aliphatic carboxylic acids is 1. The van der Waals surface area contributed by atoms with E-state index in [0.29, 0.717) is 38.0 Å². The molecule has 2 aliphatic rings. The molecular formula is C42H48N6O3. The molecule has 0 aliphatic heterocycles. The van der Waals surface area contributed by atoms with E-state index in [9.17, 15) is 14.7 Å². The second-order valence-electron chi connectivity index (χ2n) is 13.4. The van der Waals surface area contributed by atoms with Gasteiger partial charge in [-0.2, -0.15) is 0 Å². The SMILES string of the molecule is NCc1cccc2ccccc12.O=C(N[C@@H](CCCNC1CCCc2cccnc21)C(=O)O)c1ccc(CNC2CCCc3cccnc32)cc1. The van der Waals surface area contributed by atoms with Gasteiger partial charge in [-0.3, -0.25) is 14.8 Å². The minimum atomic E-state index is -1.02. The molecule has 51 heavy (non-hydrogen) atoms. The van der Waals surface area contributed by atoms with Gasteiger partial charge < -0.3 is 26.8 Å². The maximum atomic E-state index is 12.8. The number of fused-ring (bicyclic) bond motifs is 3. The summed E-state index contributed by atoms with van der Waals surface area (Å²) in [6, 6.07) is 29.6. The summed E-state index contributed by atoms with van der Waals surface area (Å²) in [6.07, 6.45) is 11.1. The first-order valence-corrected chi connectivity index (χ1v) is 18.1. The van der Waals surface area contributed by atoms with E-state index in [-0.39, 0.29) is 18.0 Å². The molecule has 0 radical (unpaired) electrons. The predicted octanol–water partition coefficient (Wildman–Crippen LogP) is 6.57. The van der Waals surface area contributed by atoms with E-state index in [1.807, 2.05) is 54.9 Å². The van der Waals surface area contributed by atoms with Crippen molar-refractivity contribution < 1.29 is 14.7 Å². The summed E-state index contributed by atoms with van der Waals surface area (Å²) in [6.45, 7) is 1.96. The van der Waals surface area contributed by atoms with Gasteiger partial charge in [0, 0.05) is 37.1 Å².